The normalized spacial score (nSPS) is 18.7. The fourth-order valence-electron chi connectivity index (χ4n) is 2.34. The van der Waals surface area contributed by atoms with Crippen LogP contribution in [-0.4, -0.2) is 54.1 Å². The van der Waals surface area contributed by atoms with Crippen LogP contribution in [0.25, 0.3) is 0 Å². The fourth-order valence-corrected chi connectivity index (χ4v) is 2.34. The SMILES string of the molecule is Cc1cc(/C(N)=N/O)ccc1CN1CCN(C)CC1. The zero-order chi connectivity index (χ0) is 13.8. The second-order valence-electron chi connectivity index (χ2n) is 5.21. The Hall–Kier alpha value is -1.59. The molecular weight excluding hydrogens is 240 g/mol. The first kappa shape index (κ1) is 13.8. The van der Waals surface area contributed by atoms with Gasteiger partial charge in [0.25, 0.3) is 0 Å². The topological polar surface area (TPSA) is 65.1 Å². The average molecular weight is 262 g/mol. The molecule has 0 saturated carbocycles. The van der Waals surface area contributed by atoms with E-state index in [2.05, 4.69) is 35.0 Å². The summed E-state index contributed by atoms with van der Waals surface area (Å²) in [7, 11) is 2.16. The van der Waals surface area contributed by atoms with Gasteiger partial charge >= 0.3 is 0 Å². The third-order valence-electron chi connectivity index (χ3n) is 3.74. The van der Waals surface area contributed by atoms with E-state index in [1.54, 1.807) is 0 Å². The Morgan fingerprint density at radius 1 is 1.32 bits per heavy atom. The van der Waals surface area contributed by atoms with Gasteiger partial charge in [-0.2, -0.15) is 0 Å². The van der Waals surface area contributed by atoms with E-state index in [4.69, 9.17) is 10.9 Å². The number of rotatable bonds is 3. The smallest absolute Gasteiger partial charge is 0.170 e. The lowest BCUT2D eigenvalue weighted by Gasteiger charge is -2.32. The van der Waals surface area contributed by atoms with Crippen molar-refractivity contribution in [3.8, 4) is 0 Å². The van der Waals surface area contributed by atoms with Crippen LogP contribution in [0.2, 0.25) is 0 Å². The van der Waals surface area contributed by atoms with Crippen LogP contribution in [0.3, 0.4) is 0 Å². The molecule has 1 aromatic carbocycles. The number of aryl methyl sites for hydroxylation is 1. The molecule has 1 heterocycles. The van der Waals surface area contributed by atoms with Gasteiger partial charge in [0, 0.05) is 38.3 Å². The number of benzene rings is 1. The molecule has 104 valence electrons. The minimum absolute atomic E-state index is 0.161. The number of nitrogens with two attached hydrogens (primary N) is 1. The largest absolute Gasteiger partial charge is 0.409 e. The molecule has 0 bridgehead atoms. The highest BCUT2D eigenvalue weighted by molar-refractivity contribution is 5.97. The average Bonchev–Trinajstić information content (AvgIpc) is 2.42. The monoisotopic (exact) mass is 262 g/mol. The van der Waals surface area contributed by atoms with Crippen LogP contribution < -0.4 is 5.73 Å². The molecule has 0 atom stereocenters. The molecular formula is C14H22N4O. The van der Waals surface area contributed by atoms with Crippen LogP contribution in [0.1, 0.15) is 16.7 Å². The maximum absolute atomic E-state index is 8.68. The zero-order valence-corrected chi connectivity index (χ0v) is 11.6. The maximum atomic E-state index is 8.68. The van der Waals surface area contributed by atoms with E-state index in [0.29, 0.717) is 0 Å². The minimum atomic E-state index is 0.161. The lowest BCUT2D eigenvalue weighted by atomic mass is 10.0. The Labute approximate surface area is 114 Å². The quantitative estimate of drug-likeness (QED) is 0.367. The number of likely N-dealkylation sites (N-methyl/N-ethyl adjacent to an activating group) is 1. The van der Waals surface area contributed by atoms with Gasteiger partial charge in [-0.3, -0.25) is 4.90 Å². The van der Waals surface area contributed by atoms with Crippen molar-refractivity contribution < 1.29 is 5.21 Å². The van der Waals surface area contributed by atoms with Crippen molar-refractivity contribution in [2.75, 3.05) is 33.2 Å². The summed E-state index contributed by atoms with van der Waals surface area (Å²) in [5.41, 5.74) is 8.85. The number of hydrogen-bond acceptors (Lipinski definition) is 4. The van der Waals surface area contributed by atoms with E-state index in [1.165, 1.54) is 11.1 Å². The standard InChI is InChI=1S/C14H22N4O/c1-11-9-12(14(15)16-19)3-4-13(11)10-18-7-5-17(2)6-8-18/h3-4,9,19H,5-8,10H2,1-2H3,(H2,15,16). The predicted molar refractivity (Wildman–Crippen MR) is 76.5 cm³/mol. The third-order valence-corrected chi connectivity index (χ3v) is 3.74. The lowest BCUT2D eigenvalue weighted by molar-refractivity contribution is 0.148. The molecule has 1 fully saturated rings. The van der Waals surface area contributed by atoms with Gasteiger partial charge in [-0.05, 0) is 31.2 Å². The molecule has 1 saturated heterocycles. The molecule has 19 heavy (non-hydrogen) atoms. The van der Waals surface area contributed by atoms with Crippen LogP contribution in [0.15, 0.2) is 23.4 Å². The van der Waals surface area contributed by atoms with Gasteiger partial charge in [0.15, 0.2) is 5.84 Å². The highest BCUT2D eigenvalue weighted by Gasteiger charge is 2.14. The number of amidine groups is 1. The Balaban J connectivity index is 2.05. The predicted octanol–water partition coefficient (Wildman–Crippen LogP) is 0.837. The summed E-state index contributed by atoms with van der Waals surface area (Å²) in [5, 5.41) is 11.7. The first-order valence-corrected chi connectivity index (χ1v) is 6.58. The van der Waals surface area contributed by atoms with Crippen molar-refractivity contribution in [3.63, 3.8) is 0 Å². The van der Waals surface area contributed by atoms with Gasteiger partial charge in [-0.1, -0.05) is 17.3 Å². The van der Waals surface area contributed by atoms with E-state index in [1.807, 2.05) is 12.1 Å². The second-order valence-corrected chi connectivity index (χ2v) is 5.21. The summed E-state index contributed by atoms with van der Waals surface area (Å²) < 4.78 is 0. The molecule has 1 aliphatic heterocycles. The minimum Gasteiger partial charge on any atom is -0.409 e. The molecule has 5 nitrogen and oxygen atoms in total. The van der Waals surface area contributed by atoms with Crippen molar-refractivity contribution >= 4 is 5.84 Å². The van der Waals surface area contributed by atoms with Gasteiger partial charge in [-0.25, -0.2) is 0 Å². The third kappa shape index (κ3) is 3.45. The Kier molecular flexibility index (Phi) is 4.39. The van der Waals surface area contributed by atoms with Crippen molar-refractivity contribution in [1.82, 2.24) is 9.80 Å². The summed E-state index contributed by atoms with van der Waals surface area (Å²) in [6.45, 7) is 7.51. The van der Waals surface area contributed by atoms with Crippen molar-refractivity contribution in [2.45, 2.75) is 13.5 Å². The summed E-state index contributed by atoms with van der Waals surface area (Å²) >= 11 is 0. The summed E-state index contributed by atoms with van der Waals surface area (Å²) in [6.07, 6.45) is 0. The van der Waals surface area contributed by atoms with E-state index in [-0.39, 0.29) is 5.84 Å². The van der Waals surface area contributed by atoms with Crippen LogP contribution in [0.5, 0.6) is 0 Å². The summed E-state index contributed by atoms with van der Waals surface area (Å²) in [4.78, 5) is 4.82. The van der Waals surface area contributed by atoms with E-state index < -0.39 is 0 Å². The Morgan fingerprint density at radius 2 is 2.00 bits per heavy atom. The highest BCUT2D eigenvalue weighted by atomic mass is 16.4. The van der Waals surface area contributed by atoms with Crippen molar-refractivity contribution in [1.29, 1.82) is 0 Å². The highest BCUT2D eigenvalue weighted by Crippen LogP contribution is 2.14. The molecule has 0 aliphatic carbocycles. The van der Waals surface area contributed by atoms with E-state index in [9.17, 15) is 0 Å². The van der Waals surface area contributed by atoms with E-state index >= 15 is 0 Å². The first-order chi connectivity index (χ1) is 9.10. The molecule has 5 heteroatoms. The number of piperazine rings is 1. The molecule has 0 spiro atoms. The zero-order valence-electron chi connectivity index (χ0n) is 11.6. The van der Waals surface area contributed by atoms with Crippen LogP contribution >= 0.6 is 0 Å². The molecule has 0 aromatic heterocycles. The number of hydrogen-bond donors (Lipinski definition) is 2. The maximum Gasteiger partial charge on any atom is 0.170 e. The summed E-state index contributed by atoms with van der Waals surface area (Å²) in [6, 6.07) is 5.95. The first-order valence-electron chi connectivity index (χ1n) is 6.58. The van der Waals surface area contributed by atoms with Gasteiger partial charge in [0.05, 0.1) is 0 Å². The molecule has 1 aliphatic rings. The van der Waals surface area contributed by atoms with Crippen LogP contribution in [0, 0.1) is 6.92 Å². The second kappa shape index (κ2) is 6.04. The van der Waals surface area contributed by atoms with Crippen molar-refractivity contribution in [2.24, 2.45) is 10.9 Å². The van der Waals surface area contributed by atoms with Crippen LogP contribution in [0.4, 0.5) is 0 Å². The Bertz CT molecular complexity index is 465. The van der Waals surface area contributed by atoms with E-state index in [0.717, 1.165) is 38.3 Å². The molecule has 2 rings (SSSR count). The van der Waals surface area contributed by atoms with Gasteiger partial charge in [0.1, 0.15) is 0 Å². The molecule has 0 amide bonds. The Morgan fingerprint density at radius 3 is 2.58 bits per heavy atom. The van der Waals surface area contributed by atoms with Gasteiger partial charge in [-0.15, -0.1) is 0 Å². The molecule has 0 radical (unpaired) electrons. The van der Waals surface area contributed by atoms with Crippen LogP contribution in [-0.2, 0) is 6.54 Å². The molecule has 1 aromatic rings. The van der Waals surface area contributed by atoms with Gasteiger partial charge in [0.2, 0.25) is 0 Å². The molecule has 0 unspecified atom stereocenters. The lowest BCUT2D eigenvalue weighted by Crippen LogP contribution is -2.43. The number of oxime groups is 1. The number of nitrogens with zero attached hydrogens (tertiary/aromatic N) is 3. The fraction of sp³-hybridized carbons (Fsp3) is 0.500. The van der Waals surface area contributed by atoms with Gasteiger partial charge < -0.3 is 15.8 Å². The van der Waals surface area contributed by atoms with Crippen molar-refractivity contribution in [3.05, 3.63) is 34.9 Å². The molecule has 3 N–H and O–H groups in total. The summed E-state index contributed by atoms with van der Waals surface area (Å²) in [5.74, 6) is 0.161.